The lowest BCUT2D eigenvalue weighted by molar-refractivity contribution is 0.263. The topological polar surface area (TPSA) is 35.5 Å². The Kier molecular flexibility index (Phi) is 5.08. The highest BCUT2D eigenvalue weighted by atomic mass is 35.5. The predicted octanol–water partition coefficient (Wildman–Crippen LogP) is 2.83. The van der Waals surface area contributed by atoms with Crippen LogP contribution >= 0.6 is 11.6 Å². The van der Waals surface area contributed by atoms with Gasteiger partial charge in [0.2, 0.25) is 0 Å². The van der Waals surface area contributed by atoms with E-state index in [1.54, 1.807) is 0 Å². The molecule has 2 N–H and O–H groups in total. The summed E-state index contributed by atoms with van der Waals surface area (Å²) in [6.07, 6.45) is 2.04. The van der Waals surface area contributed by atoms with Gasteiger partial charge in [0.05, 0.1) is 10.7 Å². The lowest BCUT2D eigenvalue weighted by atomic mass is 10.1. The van der Waals surface area contributed by atoms with Gasteiger partial charge in [-0.2, -0.15) is 0 Å². The number of benzene rings is 1. The molecule has 0 radical (unpaired) electrons. The van der Waals surface area contributed by atoms with Crippen molar-refractivity contribution in [3.05, 3.63) is 28.8 Å². The number of hydrogen-bond donors (Lipinski definition) is 2. The summed E-state index contributed by atoms with van der Waals surface area (Å²) in [4.78, 5) is 2.33. The van der Waals surface area contributed by atoms with Gasteiger partial charge in [-0.15, -0.1) is 0 Å². The molecule has 0 spiro atoms. The number of rotatable bonds is 5. The summed E-state index contributed by atoms with van der Waals surface area (Å²) in [6, 6.07) is 6.62. The van der Waals surface area contributed by atoms with Crippen LogP contribution in [-0.4, -0.2) is 31.9 Å². The molecule has 0 amide bonds. The van der Waals surface area contributed by atoms with E-state index in [0.717, 1.165) is 36.6 Å². The highest BCUT2D eigenvalue weighted by Gasteiger charge is 2.23. The third-order valence-corrected chi connectivity index (χ3v) is 4.37. The maximum absolute atomic E-state index is 9.01. The van der Waals surface area contributed by atoms with E-state index >= 15 is 0 Å². The number of nitrogens with one attached hydrogen (secondary N) is 1. The number of anilines is 1. The first-order valence-electron chi connectivity index (χ1n) is 6.98. The molecule has 1 fully saturated rings. The minimum atomic E-state index is 0.283. The second kappa shape index (κ2) is 6.60. The first-order valence-corrected chi connectivity index (χ1v) is 7.36. The standard InChI is InChI=1S/C15H23ClN2O/c1-11(17-2)13-3-4-15(14(16)9-13)18-7-5-12(10-18)6-8-19/h3-4,9,11-12,17,19H,5-8,10H2,1-2H3. The van der Waals surface area contributed by atoms with Crippen molar-refractivity contribution in [2.24, 2.45) is 5.92 Å². The SMILES string of the molecule is CNC(C)c1ccc(N2CCC(CCO)C2)c(Cl)c1. The van der Waals surface area contributed by atoms with E-state index in [-0.39, 0.29) is 6.61 Å². The van der Waals surface area contributed by atoms with Crippen molar-refractivity contribution in [1.82, 2.24) is 5.32 Å². The van der Waals surface area contributed by atoms with E-state index in [2.05, 4.69) is 35.3 Å². The second-order valence-corrected chi connectivity index (χ2v) is 5.74. The van der Waals surface area contributed by atoms with Gasteiger partial charge in [0.15, 0.2) is 0 Å². The Hall–Kier alpha value is -0.770. The molecule has 1 aliphatic rings. The molecule has 1 heterocycles. The zero-order valence-corrected chi connectivity index (χ0v) is 12.5. The van der Waals surface area contributed by atoms with Gasteiger partial charge >= 0.3 is 0 Å². The van der Waals surface area contributed by atoms with Crippen LogP contribution in [0.1, 0.15) is 31.4 Å². The highest BCUT2D eigenvalue weighted by Crippen LogP contribution is 2.33. The fourth-order valence-corrected chi connectivity index (χ4v) is 2.99. The summed E-state index contributed by atoms with van der Waals surface area (Å²) in [5, 5.41) is 13.1. The predicted molar refractivity (Wildman–Crippen MR) is 80.9 cm³/mol. The van der Waals surface area contributed by atoms with Gasteiger partial charge in [-0.25, -0.2) is 0 Å². The molecule has 1 aliphatic heterocycles. The van der Waals surface area contributed by atoms with Crippen LogP contribution in [0.5, 0.6) is 0 Å². The van der Waals surface area contributed by atoms with E-state index in [4.69, 9.17) is 16.7 Å². The Bertz CT molecular complexity index is 425. The molecule has 3 nitrogen and oxygen atoms in total. The third kappa shape index (κ3) is 3.41. The molecule has 0 bridgehead atoms. The van der Waals surface area contributed by atoms with Crippen molar-refractivity contribution in [3.63, 3.8) is 0 Å². The number of halogens is 1. The van der Waals surface area contributed by atoms with Gasteiger partial charge in [0.1, 0.15) is 0 Å². The zero-order valence-electron chi connectivity index (χ0n) is 11.7. The summed E-state index contributed by atoms with van der Waals surface area (Å²) in [5.74, 6) is 0.594. The van der Waals surface area contributed by atoms with Crippen molar-refractivity contribution in [1.29, 1.82) is 0 Å². The first-order chi connectivity index (χ1) is 9.15. The van der Waals surface area contributed by atoms with E-state index in [1.807, 2.05) is 7.05 Å². The molecule has 2 unspecified atom stereocenters. The van der Waals surface area contributed by atoms with Crippen molar-refractivity contribution >= 4 is 17.3 Å². The van der Waals surface area contributed by atoms with Crippen LogP contribution in [0.3, 0.4) is 0 Å². The molecule has 19 heavy (non-hydrogen) atoms. The van der Waals surface area contributed by atoms with Crippen LogP contribution in [0.4, 0.5) is 5.69 Å². The summed E-state index contributed by atoms with van der Waals surface area (Å²) in [6.45, 7) is 4.44. The van der Waals surface area contributed by atoms with E-state index in [0.29, 0.717) is 12.0 Å². The van der Waals surface area contributed by atoms with Crippen LogP contribution in [0.2, 0.25) is 5.02 Å². The van der Waals surface area contributed by atoms with Gasteiger partial charge < -0.3 is 15.3 Å². The molecule has 1 aromatic carbocycles. The highest BCUT2D eigenvalue weighted by molar-refractivity contribution is 6.33. The monoisotopic (exact) mass is 282 g/mol. The quantitative estimate of drug-likeness (QED) is 0.872. The maximum Gasteiger partial charge on any atom is 0.0642 e. The average Bonchev–Trinajstić information content (AvgIpc) is 2.86. The van der Waals surface area contributed by atoms with E-state index in [9.17, 15) is 0 Å². The Morgan fingerprint density at radius 3 is 2.95 bits per heavy atom. The normalized spacial score (nSPS) is 20.8. The molecule has 2 atom stereocenters. The molecule has 0 saturated carbocycles. The minimum absolute atomic E-state index is 0.283. The Morgan fingerprint density at radius 2 is 2.32 bits per heavy atom. The van der Waals surface area contributed by atoms with Gasteiger partial charge in [0, 0.05) is 25.7 Å². The summed E-state index contributed by atoms with van der Waals surface area (Å²) in [5.41, 5.74) is 2.33. The Balaban J connectivity index is 2.09. The van der Waals surface area contributed by atoms with Crippen LogP contribution in [0, 0.1) is 5.92 Å². The first kappa shape index (κ1) is 14.6. The maximum atomic E-state index is 9.01. The molecular weight excluding hydrogens is 260 g/mol. The summed E-state index contributed by atoms with van der Waals surface area (Å²) >= 11 is 6.42. The second-order valence-electron chi connectivity index (χ2n) is 5.33. The molecule has 4 heteroatoms. The van der Waals surface area contributed by atoms with E-state index in [1.165, 1.54) is 5.56 Å². The number of hydrogen-bond acceptors (Lipinski definition) is 3. The zero-order chi connectivity index (χ0) is 13.8. The average molecular weight is 283 g/mol. The lowest BCUT2D eigenvalue weighted by Crippen LogP contribution is -2.20. The molecule has 1 saturated heterocycles. The molecular formula is C15H23ClN2O. The van der Waals surface area contributed by atoms with Crippen LogP contribution < -0.4 is 10.2 Å². The van der Waals surface area contributed by atoms with Crippen molar-refractivity contribution < 1.29 is 5.11 Å². The van der Waals surface area contributed by atoms with Gasteiger partial charge in [-0.05, 0) is 50.4 Å². The van der Waals surface area contributed by atoms with Crippen LogP contribution in [0.25, 0.3) is 0 Å². The number of nitrogens with zero attached hydrogens (tertiary/aromatic N) is 1. The Morgan fingerprint density at radius 1 is 1.53 bits per heavy atom. The van der Waals surface area contributed by atoms with Crippen molar-refractivity contribution in [3.8, 4) is 0 Å². The molecule has 0 aromatic heterocycles. The smallest absolute Gasteiger partial charge is 0.0642 e. The number of aliphatic hydroxyl groups is 1. The number of aliphatic hydroxyl groups excluding tert-OH is 1. The molecule has 1 aromatic rings. The van der Waals surface area contributed by atoms with Crippen LogP contribution in [-0.2, 0) is 0 Å². The summed E-state index contributed by atoms with van der Waals surface area (Å²) in [7, 11) is 1.95. The van der Waals surface area contributed by atoms with Gasteiger partial charge in [-0.3, -0.25) is 0 Å². The van der Waals surface area contributed by atoms with Gasteiger partial charge in [-0.1, -0.05) is 17.7 Å². The molecule has 2 rings (SSSR count). The van der Waals surface area contributed by atoms with Gasteiger partial charge in [0.25, 0.3) is 0 Å². The third-order valence-electron chi connectivity index (χ3n) is 4.07. The molecule has 0 aliphatic carbocycles. The van der Waals surface area contributed by atoms with Crippen molar-refractivity contribution in [2.45, 2.75) is 25.8 Å². The summed E-state index contributed by atoms with van der Waals surface area (Å²) < 4.78 is 0. The fourth-order valence-electron chi connectivity index (χ4n) is 2.69. The Labute approximate surface area is 120 Å². The minimum Gasteiger partial charge on any atom is -0.396 e. The van der Waals surface area contributed by atoms with Crippen LogP contribution in [0.15, 0.2) is 18.2 Å². The van der Waals surface area contributed by atoms with Crippen molar-refractivity contribution in [2.75, 3.05) is 31.6 Å². The lowest BCUT2D eigenvalue weighted by Gasteiger charge is -2.21. The van der Waals surface area contributed by atoms with E-state index < -0.39 is 0 Å². The molecule has 106 valence electrons. The fraction of sp³-hybridized carbons (Fsp3) is 0.600. The largest absolute Gasteiger partial charge is 0.396 e.